The van der Waals surface area contributed by atoms with Crippen molar-refractivity contribution in [2.75, 3.05) is 13.1 Å². The lowest BCUT2D eigenvalue weighted by atomic mass is 10.2. The fraction of sp³-hybridized carbons (Fsp3) is 0.529. The van der Waals surface area contributed by atoms with E-state index in [9.17, 15) is 0 Å². The number of imidazole rings is 1. The van der Waals surface area contributed by atoms with Crippen LogP contribution in [0.4, 0.5) is 0 Å². The normalized spacial score (nSPS) is 11.9. The van der Waals surface area contributed by atoms with E-state index < -0.39 is 0 Å². The number of nitrogens with zero attached hydrogens (tertiary/aromatic N) is 3. The highest BCUT2D eigenvalue weighted by Crippen LogP contribution is 2.05. The Bertz CT molecular complexity index is 586. The molecule has 2 heterocycles. The van der Waals surface area contributed by atoms with Crippen molar-refractivity contribution in [3.05, 3.63) is 42.4 Å². The summed E-state index contributed by atoms with van der Waals surface area (Å²) in [6, 6.07) is 3.89. The van der Waals surface area contributed by atoms with Crippen LogP contribution in [0.25, 0.3) is 0 Å². The first-order valence-corrected chi connectivity index (χ1v) is 8.23. The van der Waals surface area contributed by atoms with E-state index in [0.29, 0.717) is 12.5 Å². The molecule has 0 atom stereocenters. The molecule has 2 aromatic heterocycles. The van der Waals surface area contributed by atoms with Crippen molar-refractivity contribution in [1.29, 1.82) is 0 Å². The molecule has 0 unspecified atom stereocenters. The molecule has 0 radical (unpaired) electrons. The molecule has 0 saturated heterocycles. The molecule has 2 rings (SSSR count). The van der Waals surface area contributed by atoms with Gasteiger partial charge in [-0.2, -0.15) is 0 Å². The van der Waals surface area contributed by atoms with Crippen LogP contribution >= 0.6 is 0 Å². The number of furan rings is 1. The maximum absolute atomic E-state index is 5.33. The quantitative estimate of drug-likeness (QED) is 0.579. The van der Waals surface area contributed by atoms with Crippen LogP contribution in [0.3, 0.4) is 0 Å². The SMILES string of the molecule is CCNC(=NCc1nccn1CC(C)C)NCCc1ccco1. The molecule has 0 fully saturated rings. The van der Waals surface area contributed by atoms with Gasteiger partial charge in [-0.3, -0.25) is 0 Å². The lowest BCUT2D eigenvalue weighted by molar-refractivity contribution is 0.505. The van der Waals surface area contributed by atoms with Crippen LogP contribution < -0.4 is 10.6 Å². The first-order valence-electron chi connectivity index (χ1n) is 8.23. The highest BCUT2D eigenvalue weighted by atomic mass is 16.3. The number of hydrogen-bond acceptors (Lipinski definition) is 3. The van der Waals surface area contributed by atoms with Crippen molar-refractivity contribution < 1.29 is 4.42 Å². The third-order valence-electron chi connectivity index (χ3n) is 3.33. The molecule has 0 bridgehead atoms. The molecule has 6 heteroatoms. The average Bonchev–Trinajstić information content (AvgIpc) is 3.16. The van der Waals surface area contributed by atoms with Crippen LogP contribution in [0.1, 0.15) is 32.4 Å². The van der Waals surface area contributed by atoms with Gasteiger partial charge in [-0.05, 0) is 25.0 Å². The Labute approximate surface area is 138 Å². The van der Waals surface area contributed by atoms with Crippen LogP contribution in [0.5, 0.6) is 0 Å². The Kier molecular flexibility index (Phi) is 6.72. The molecule has 23 heavy (non-hydrogen) atoms. The minimum absolute atomic E-state index is 0.565. The van der Waals surface area contributed by atoms with Gasteiger partial charge in [-0.25, -0.2) is 9.98 Å². The summed E-state index contributed by atoms with van der Waals surface area (Å²) in [7, 11) is 0. The van der Waals surface area contributed by atoms with Crippen LogP contribution in [0.15, 0.2) is 40.2 Å². The molecule has 0 aromatic carbocycles. The van der Waals surface area contributed by atoms with Gasteiger partial charge in [0.15, 0.2) is 5.96 Å². The molecule has 0 saturated carbocycles. The summed E-state index contributed by atoms with van der Waals surface area (Å²) in [6.45, 7) is 9.60. The first-order chi connectivity index (χ1) is 11.2. The summed E-state index contributed by atoms with van der Waals surface area (Å²) in [5.74, 6) is 3.35. The fourth-order valence-electron chi connectivity index (χ4n) is 2.30. The molecule has 0 aliphatic heterocycles. The summed E-state index contributed by atoms with van der Waals surface area (Å²) in [6.07, 6.45) is 6.38. The molecule has 2 aromatic rings. The second kappa shape index (κ2) is 9.02. The number of rotatable bonds is 8. The first kappa shape index (κ1) is 17.1. The minimum atomic E-state index is 0.565. The zero-order valence-corrected chi connectivity index (χ0v) is 14.2. The zero-order valence-electron chi connectivity index (χ0n) is 14.2. The predicted molar refractivity (Wildman–Crippen MR) is 92.3 cm³/mol. The van der Waals surface area contributed by atoms with Gasteiger partial charge in [0.05, 0.1) is 6.26 Å². The molecule has 0 amide bonds. The Balaban J connectivity index is 1.89. The number of hydrogen-bond donors (Lipinski definition) is 2. The number of guanidine groups is 1. The number of aliphatic imine (C=N–C) groups is 1. The summed E-state index contributed by atoms with van der Waals surface area (Å²) in [4.78, 5) is 9.03. The highest BCUT2D eigenvalue weighted by Gasteiger charge is 2.05. The molecule has 2 N–H and O–H groups in total. The van der Waals surface area contributed by atoms with Gasteiger partial charge in [0.25, 0.3) is 0 Å². The number of aromatic nitrogens is 2. The number of nitrogens with one attached hydrogen (secondary N) is 2. The van der Waals surface area contributed by atoms with Crippen molar-refractivity contribution in [3.63, 3.8) is 0 Å². The molecule has 126 valence electrons. The topological polar surface area (TPSA) is 67.4 Å². The average molecular weight is 317 g/mol. The van der Waals surface area contributed by atoms with Gasteiger partial charge in [0, 0.05) is 38.4 Å². The minimum Gasteiger partial charge on any atom is -0.469 e. The third kappa shape index (κ3) is 5.81. The van der Waals surface area contributed by atoms with Crippen LogP contribution in [-0.4, -0.2) is 28.6 Å². The molecule has 0 aliphatic carbocycles. The summed E-state index contributed by atoms with van der Waals surface area (Å²) < 4.78 is 7.50. The molecular formula is C17H27N5O. The van der Waals surface area contributed by atoms with Crippen LogP contribution in [0, 0.1) is 5.92 Å². The van der Waals surface area contributed by atoms with E-state index in [2.05, 4.69) is 45.9 Å². The van der Waals surface area contributed by atoms with Crippen molar-refractivity contribution >= 4 is 5.96 Å². The van der Waals surface area contributed by atoms with Crippen molar-refractivity contribution in [2.45, 2.75) is 40.3 Å². The Hall–Kier alpha value is -2.24. The third-order valence-corrected chi connectivity index (χ3v) is 3.33. The standard InChI is InChI=1S/C17H27N5O/c1-4-18-17(20-8-7-15-6-5-11-23-15)21-12-16-19-9-10-22(16)13-14(2)3/h5-6,9-11,14H,4,7-8,12-13H2,1-3H3,(H2,18,20,21). The lowest BCUT2D eigenvalue weighted by Gasteiger charge is -2.12. The monoisotopic (exact) mass is 317 g/mol. The van der Waals surface area contributed by atoms with Crippen LogP contribution in [0.2, 0.25) is 0 Å². The second-order valence-corrected chi connectivity index (χ2v) is 5.84. The van der Waals surface area contributed by atoms with Crippen LogP contribution in [-0.2, 0) is 19.5 Å². The summed E-state index contributed by atoms with van der Waals surface area (Å²) in [5.41, 5.74) is 0. The predicted octanol–water partition coefficient (Wildman–Crippen LogP) is 2.43. The van der Waals surface area contributed by atoms with Gasteiger partial charge >= 0.3 is 0 Å². The van der Waals surface area contributed by atoms with Gasteiger partial charge in [-0.15, -0.1) is 0 Å². The maximum Gasteiger partial charge on any atom is 0.191 e. The van der Waals surface area contributed by atoms with E-state index in [1.54, 1.807) is 6.26 Å². The maximum atomic E-state index is 5.33. The smallest absolute Gasteiger partial charge is 0.191 e. The Morgan fingerprint density at radius 1 is 1.39 bits per heavy atom. The van der Waals surface area contributed by atoms with E-state index >= 15 is 0 Å². The summed E-state index contributed by atoms with van der Waals surface area (Å²) in [5, 5.41) is 6.58. The molecular weight excluding hydrogens is 290 g/mol. The largest absolute Gasteiger partial charge is 0.469 e. The van der Waals surface area contributed by atoms with E-state index in [1.165, 1.54) is 0 Å². The Morgan fingerprint density at radius 3 is 2.96 bits per heavy atom. The second-order valence-electron chi connectivity index (χ2n) is 5.84. The fourth-order valence-corrected chi connectivity index (χ4v) is 2.30. The summed E-state index contributed by atoms with van der Waals surface area (Å²) >= 11 is 0. The zero-order chi connectivity index (χ0) is 16.5. The van der Waals surface area contributed by atoms with E-state index in [0.717, 1.165) is 43.6 Å². The molecule has 0 aliphatic rings. The molecule has 6 nitrogen and oxygen atoms in total. The van der Waals surface area contributed by atoms with E-state index in [-0.39, 0.29) is 0 Å². The van der Waals surface area contributed by atoms with Crippen molar-refractivity contribution in [2.24, 2.45) is 10.9 Å². The van der Waals surface area contributed by atoms with Gasteiger partial charge in [0.2, 0.25) is 0 Å². The van der Waals surface area contributed by atoms with Gasteiger partial charge in [0.1, 0.15) is 18.1 Å². The van der Waals surface area contributed by atoms with E-state index in [1.807, 2.05) is 24.5 Å². The molecule has 0 spiro atoms. The lowest BCUT2D eigenvalue weighted by Crippen LogP contribution is -2.38. The van der Waals surface area contributed by atoms with Gasteiger partial charge < -0.3 is 19.6 Å². The Morgan fingerprint density at radius 2 is 2.26 bits per heavy atom. The van der Waals surface area contributed by atoms with E-state index in [4.69, 9.17) is 4.42 Å². The van der Waals surface area contributed by atoms with Crippen molar-refractivity contribution in [1.82, 2.24) is 20.2 Å². The highest BCUT2D eigenvalue weighted by molar-refractivity contribution is 5.79. The van der Waals surface area contributed by atoms with Gasteiger partial charge in [-0.1, -0.05) is 13.8 Å². The van der Waals surface area contributed by atoms with Crippen molar-refractivity contribution in [3.8, 4) is 0 Å².